The molecule has 162 valence electrons. The number of carbonyl (C=O) groups is 1. The Morgan fingerprint density at radius 1 is 1.13 bits per heavy atom. The Hall–Kier alpha value is -3.04. The molecule has 2 heterocycles. The molecule has 9 heteroatoms. The van der Waals surface area contributed by atoms with E-state index in [1.54, 1.807) is 41.8 Å². The average molecular weight is 441 g/mol. The SMILES string of the molecule is CCn1c(=O)c(C)nc2cc(C(=O)Nc3cccc(S(=O)(=O)N4CCCC4)c3)ccc21. The Balaban J connectivity index is 1.62. The fourth-order valence-electron chi connectivity index (χ4n) is 3.84. The zero-order chi connectivity index (χ0) is 22.2. The zero-order valence-corrected chi connectivity index (χ0v) is 18.3. The summed E-state index contributed by atoms with van der Waals surface area (Å²) >= 11 is 0. The van der Waals surface area contributed by atoms with Gasteiger partial charge in [0.05, 0.1) is 15.9 Å². The van der Waals surface area contributed by atoms with Gasteiger partial charge >= 0.3 is 0 Å². The highest BCUT2D eigenvalue weighted by Gasteiger charge is 2.27. The number of rotatable bonds is 5. The molecule has 4 rings (SSSR count). The Morgan fingerprint density at radius 2 is 1.87 bits per heavy atom. The second-order valence-electron chi connectivity index (χ2n) is 7.54. The van der Waals surface area contributed by atoms with E-state index in [0.717, 1.165) is 12.8 Å². The maximum absolute atomic E-state index is 12.8. The van der Waals surface area contributed by atoms with Crippen molar-refractivity contribution in [2.45, 2.75) is 38.1 Å². The van der Waals surface area contributed by atoms with Gasteiger partial charge in [-0.3, -0.25) is 9.59 Å². The minimum absolute atomic E-state index is 0.150. The van der Waals surface area contributed by atoms with Gasteiger partial charge in [-0.2, -0.15) is 4.31 Å². The van der Waals surface area contributed by atoms with Crippen molar-refractivity contribution in [1.29, 1.82) is 0 Å². The first-order valence-electron chi connectivity index (χ1n) is 10.2. The van der Waals surface area contributed by atoms with Gasteiger partial charge in [0.15, 0.2) is 0 Å². The van der Waals surface area contributed by atoms with Crippen molar-refractivity contribution in [3.8, 4) is 0 Å². The standard InChI is InChI=1S/C22H24N4O4S/c1-3-26-20-10-9-16(13-19(20)23-15(2)22(26)28)21(27)24-17-7-6-8-18(14-17)31(29,30)25-11-4-5-12-25/h6-10,13-14H,3-5,11-12H2,1-2H3,(H,24,27). The molecule has 1 aliphatic rings. The summed E-state index contributed by atoms with van der Waals surface area (Å²) in [6.07, 6.45) is 1.72. The van der Waals surface area contributed by atoms with Crippen LogP contribution in [0.15, 0.2) is 52.2 Å². The monoisotopic (exact) mass is 440 g/mol. The molecule has 1 saturated heterocycles. The summed E-state index contributed by atoms with van der Waals surface area (Å²) in [6, 6.07) is 11.2. The third-order valence-corrected chi connectivity index (χ3v) is 7.38. The van der Waals surface area contributed by atoms with Crippen LogP contribution in [0.5, 0.6) is 0 Å². The van der Waals surface area contributed by atoms with Gasteiger partial charge in [0.25, 0.3) is 11.5 Å². The number of aryl methyl sites for hydroxylation is 2. The zero-order valence-electron chi connectivity index (χ0n) is 17.5. The Bertz CT molecular complexity index is 1330. The van der Waals surface area contributed by atoms with Crippen LogP contribution in [0.4, 0.5) is 5.69 Å². The third-order valence-electron chi connectivity index (χ3n) is 5.48. The molecule has 0 aliphatic carbocycles. The topological polar surface area (TPSA) is 101 Å². The molecule has 1 aromatic heterocycles. The molecule has 0 saturated carbocycles. The van der Waals surface area contributed by atoms with Crippen LogP contribution < -0.4 is 10.9 Å². The third kappa shape index (κ3) is 3.98. The van der Waals surface area contributed by atoms with E-state index in [1.807, 2.05) is 6.92 Å². The van der Waals surface area contributed by atoms with Gasteiger partial charge in [0.2, 0.25) is 10.0 Å². The summed E-state index contributed by atoms with van der Waals surface area (Å²) in [5.41, 5.74) is 2.20. The molecule has 0 unspecified atom stereocenters. The van der Waals surface area contributed by atoms with E-state index in [-0.39, 0.29) is 16.4 Å². The predicted molar refractivity (Wildman–Crippen MR) is 119 cm³/mol. The smallest absolute Gasteiger partial charge is 0.272 e. The molecule has 2 aromatic carbocycles. The van der Waals surface area contributed by atoms with Crippen LogP contribution in [0.25, 0.3) is 11.0 Å². The molecule has 1 fully saturated rings. The number of hydrogen-bond acceptors (Lipinski definition) is 5. The summed E-state index contributed by atoms with van der Waals surface area (Å²) < 4.78 is 28.7. The number of carbonyl (C=O) groups excluding carboxylic acids is 1. The second kappa shape index (κ2) is 8.24. The maximum Gasteiger partial charge on any atom is 0.272 e. The molecule has 0 spiro atoms. The van der Waals surface area contributed by atoms with Gasteiger partial charge in [-0.15, -0.1) is 0 Å². The molecule has 1 N–H and O–H groups in total. The summed E-state index contributed by atoms with van der Waals surface area (Å²) in [7, 11) is -3.57. The second-order valence-corrected chi connectivity index (χ2v) is 9.48. The number of benzene rings is 2. The summed E-state index contributed by atoms with van der Waals surface area (Å²) in [6.45, 7) is 5.07. The number of fused-ring (bicyclic) bond motifs is 1. The number of hydrogen-bond donors (Lipinski definition) is 1. The van der Waals surface area contributed by atoms with E-state index in [1.165, 1.54) is 16.4 Å². The van der Waals surface area contributed by atoms with Crippen LogP contribution in [-0.2, 0) is 16.6 Å². The van der Waals surface area contributed by atoms with E-state index >= 15 is 0 Å². The fourth-order valence-corrected chi connectivity index (χ4v) is 5.41. The van der Waals surface area contributed by atoms with E-state index < -0.39 is 10.0 Å². The number of nitrogens with zero attached hydrogens (tertiary/aromatic N) is 3. The molecule has 31 heavy (non-hydrogen) atoms. The first kappa shape index (κ1) is 21.2. The van der Waals surface area contributed by atoms with Crippen LogP contribution in [-0.4, -0.2) is 41.3 Å². The minimum atomic E-state index is -3.57. The number of nitrogens with one attached hydrogen (secondary N) is 1. The normalized spacial score (nSPS) is 14.8. The van der Waals surface area contributed by atoms with Gasteiger partial charge in [0, 0.05) is 30.9 Å². The van der Waals surface area contributed by atoms with Crippen molar-refractivity contribution < 1.29 is 13.2 Å². The Kier molecular flexibility index (Phi) is 5.63. The van der Waals surface area contributed by atoms with E-state index in [9.17, 15) is 18.0 Å². The molecular formula is C22H24N4O4S. The minimum Gasteiger partial charge on any atom is -0.322 e. The largest absolute Gasteiger partial charge is 0.322 e. The lowest BCUT2D eigenvalue weighted by Gasteiger charge is -2.16. The highest BCUT2D eigenvalue weighted by Crippen LogP contribution is 2.23. The van der Waals surface area contributed by atoms with Crippen molar-refractivity contribution in [1.82, 2.24) is 13.9 Å². The number of sulfonamides is 1. The Morgan fingerprint density at radius 3 is 2.58 bits per heavy atom. The van der Waals surface area contributed by atoms with Crippen LogP contribution >= 0.6 is 0 Å². The van der Waals surface area contributed by atoms with Crippen molar-refractivity contribution in [3.63, 3.8) is 0 Å². The van der Waals surface area contributed by atoms with Crippen molar-refractivity contribution in [3.05, 3.63) is 64.1 Å². The number of anilines is 1. The first-order chi connectivity index (χ1) is 14.8. The fraction of sp³-hybridized carbons (Fsp3) is 0.318. The van der Waals surface area contributed by atoms with Gasteiger partial charge in [-0.05, 0) is 63.1 Å². The van der Waals surface area contributed by atoms with Crippen LogP contribution in [0, 0.1) is 6.92 Å². The van der Waals surface area contributed by atoms with Crippen LogP contribution in [0.1, 0.15) is 35.8 Å². The molecule has 8 nitrogen and oxygen atoms in total. The molecule has 1 aliphatic heterocycles. The van der Waals surface area contributed by atoms with E-state index in [4.69, 9.17) is 0 Å². The predicted octanol–water partition coefficient (Wildman–Crippen LogP) is 2.76. The molecule has 0 atom stereocenters. The summed E-state index contributed by atoms with van der Waals surface area (Å²) in [4.78, 5) is 29.6. The van der Waals surface area contributed by atoms with Gasteiger partial charge in [0.1, 0.15) is 5.69 Å². The lowest BCUT2D eigenvalue weighted by molar-refractivity contribution is 0.102. The van der Waals surface area contributed by atoms with Crippen LogP contribution in [0.2, 0.25) is 0 Å². The highest BCUT2D eigenvalue weighted by atomic mass is 32.2. The lowest BCUT2D eigenvalue weighted by Crippen LogP contribution is -2.27. The van der Waals surface area contributed by atoms with Gasteiger partial charge < -0.3 is 9.88 Å². The quantitative estimate of drug-likeness (QED) is 0.657. The molecular weight excluding hydrogens is 416 g/mol. The highest BCUT2D eigenvalue weighted by molar-refractivity contribution is 7.89. The van der Waals surface area contributed by atoms with Crippen molar-refractivity contribution in [2.24, 2.45) is 0 Å². The molecule has 1 amide bonds. The van der Waals surface area contributed by atoms with Gasteiger partial charge in [-0.25, -0.2) is 13.4 Å². The van der Waals surface area contributed by atoms with Gasteiger partial charge in [-0.1, -0.05) is 6.07 Å². The van der Waals surface area contributed by atoms with Crippen molar-refractivity contribution >= 4 is 32.7 Å². The summed E-state index contributed by atoms with van der Waals surface area (Å²) in [5.74, 6) is -0.383. The lowest BCUT2D eigenvalue weighted by atomic mass is 10.1. The molecule has 3 aromatic rings. The summed E-state index contributed by atoms with van der Waals surface area (Å²) in [5, 5.41) is 2.76. The van der Waals surface area contributed by atoms with Crippen LogP contribution in [0.3, 0.4) is 0 Å². The van der Waals surface area contributed by atoms with E-state index in [2.05, 4.69) is 10.3 Å². The number of amides is 1. The maximum atomic E-state index is 12.8. The molecule has 0 bridgehead atoms. The molecule has 0 radical (unpaired) electrons. The number of aromatic nitrogens is 2. The Labute approximate surface area is 180 Å². The first-order valence-corrected chi connectivity index (χ1v) is 11.7. The van der Waals surface area contributed by atoms with E-state index in [0.29, 0.717) is 47.6 Å². The van der Waals surface area contributed by atoms with Crippen molar-refractivity contribution in [2.75, 3.05) is 18.4 Å². The average Bonchev–Trinajstić information content (AvgIpc) is 3.30.